The summed E-state index contributed by atoms with van der Waals surface area (Å²) in [6.45, 7) is 4.51. The van der Waals surface area contributed by atoms with E-state index in [0.717, 1.165) is 13.1 Å². The number of aliphatic imine (C=N–C) groups is 1. The van der Waals surface area contributed by atoms with Gasteiger partial charge in [0, 0.05) is 24.3 Å². The van der Waals surface area contributed by atoms with Crippen molar-refractivity contribution in [2.24, 2.45) is 4.99 Å². The van der Waals surface area contributed by atoms with E-state index in [9.17, 15) is 0 Å². The zero-order valence-electron chi connectivity index (χ0n) is 8.31. The van der Waals surface area contributed by atoms with Gasteiger partial charge < -0.3 is 5.32 Å². The van der Waals surface area contributed by atoms with Gasteiger partial charge in [-0.25, -0.2) is 0 Å². The molecule has 0 aliphatic carbocycles. The fourth-order valence-electron chi connectivity index (χ4n) is 1.95. The topological polar surface area (TPSA) is 24.4 Å². The standard InChI is InChI=1S/C10H18N2S/c1-10(5-3-7-13-10)8-12-9-4-2-6-11-9/h2-8H2,1H3,(H,11,12). The van der Waals surface area contributed by atoms with Crippen LogP contribution in [0.3, 0.4) is 0 Å². The smallest absolute Gasteiger partial charge is 0.0964 e. The van der Waals surface area contributed by atoms with Crippen molar-refractivity contribution in [3.05, 3.63) is 0 Å². The predicted molar refractivity (Wildman–Crippen MR) is 59.6 cm³/mol. The minimum atomic E-state index is 0.477. The fraction of sp³-hybridized carbons (Fsp3) is 0.900. The second-order valence-corrected chi connectivity index (χ2v) is 5.87. The second-order valence-electron chi connectivity index (χ2n) is 4.19. The molecule has 0 spiro atoms. The predicted octanol–water partition coefficient (Wildman–Crippen LogP) is 2.05. The number of rotatable bonds is 2. The maximum atomic E-state index is 4.42. The minimum absolute atomic E-state index is 0.477. The fourth-order valence-corrected chi connectivity index (χ4v) is 3.19. The van der Waals surface area contributed by atoms with E-state index in [-0.39, 0.29) is 0 Å². The summed E-state index contributed by atoms with van der Waals surface area (Å²) < 4.78 is 0.477. The van der Waals surface area contributed by atoms with Crippen LogP contribution < -0.4 is 5.32 Å². The van der Waals surface area contributed by atoms with Gasteiger partial charge in [0.25, 0.3) is 0 Å². The Hall–Kier alpha value is -0.180. The van der Waals surface area contributed by atoms with Crippen LogP contribution in [0.2, 0.25) is 0 Å². The molecule has 0 aromatic rings. The zero-order chi connectivity index (χ0) is 9.15. The molecular formula is C10H18N2S. The van der Waals surface area contributed by atoms with Gasteiger partial charge in [-0.05, 0) is 31.9 Å². The average molecular weight is 198 g/mol. The molecule has 2 heterocycles. The summed E-state index contributed by atoms with van der Waals surface area (Å²) in [7, 11) is 0. The van der Waals surface area contributed by atoms with Crippen molar-refractivity contribution in [1.29, 1.82) is 0 Å². The van der Waals surface area contributed by atoms with Gasteiger partial charge >= 0.3 is 0 Å². The summed E-state index contributed by atoms with van der Waals surface area (Å²) in [5.74, 6) is 2.58. The molecule has 1 unspecified atom stereocenters. The van der Waals surface area contributed by atoms with Crippen LogP contribution in [0.4, 0.5) is 0 Å². The highest BCUT2D eigenvalue weighted by molar-refractivity contribution is 8.00. The van der Waals surface area contributed by atoms with Gasteiger partial charge in [-0.2, -0.15) is 11.8 Å². The van der Waals surface area contributed by atoms with Gasteiger partial charge in [0.15, 0.2) is 0 Å². The number of hydrogen-bond acceptors (Lipinski definition) is 3. The summed E-state index contributed by atoms with van der Waals surface area (Å²) >= 11 is 2.11. The number of hydrogen-bond donors (Lipinski definition) is 1. The summed E-state index contributed by atoms with van der Waals surface area (Å²) in [5.41, 5.74) is 0. The van der Waals surface area contributed by atoms with Gasteiger partial charge in [0.1, 0.15) is 0 Å². The van der Waals surface area contributed by atoms with Crippen LogP contribution in [0.1, 0.15) is 32.6 Å². The van der Waals surface area contributed by atoms with Crippen molar-refractivity contribution in [2.45, 2.75) is 37.4 Å². The van der Waals surface area contributed by atoms with Crippen LogP contribution in [0, 0.1) is 0 Å². The quantitative estimate of drug-likeness (QED) is 0.734. The Labute approximate surface area is 84.6 Å². The highest BCUT2D eigenvalue weighted by Crippen LogP contribution is 2.36. The summed E-state index contributed by atoms with van der Waals surface area (Å²) in [5, 5.41) is 3.49. The van der Waals surface area contributed by atoms with E-state index in [2.05, 4.69) is 29.0 Å². The van der Waals surface area contributed by atoms with E-state index in [0.29, 0.717) is 4.75 Å². The summed E-state index contributed by atoms with van der Waals surface area (Å²) in [4.78, 5) is 4.42. The molecule has 1 saturated heterocycles. The van der Waals surface area contributed by atoms with E-state index in [1.165, 1.54) is 37.3 Å². The molecule has 0 bridgehead atoms. The van der Waals surface area contributed by atoms with Crippen LogP contribution >= 0.6 is 11.8 Å². The van der Waals surface area contributed by atoms with E-state index in [4.69, 9.17) is 0 Å². The molecule has 1 atom stereocenters. The van der Waals surface area contributed by atoms with Crippen molar-refractivity contribution >= 4 is 17.6 Å². The highest BCUT2D eigenvalue weighted by atomic mass is 32.2. The number of nitrogens with zero attached hydrogens (tertiary/aromatic N) is 1. The Balaban J connectivity index is 1.77. The van der Waals surface area contributed by atoms with Gasteiger partial charge in [-0.15, -0.1) is 0 Å². The molecular weight excluding hydrogens is 180 g/mol. The second kappa shape index (κ2) is 3.91. The van der Waals surface area contributed by atoms with E-state index < -0.39 is 0 Å². The third-order valence-electron chi connectivity index (χ3n) is 2.84. The molecule has 2 aliphatic heterocycles. The Kier molecular flexibility index (Phi) is 2.82. The van der Waals surface area contributed by atoms with Crippen molar-refractivity contribution in [1.82, 2.24) is 5.32 Å². The Morgan fingerprint density at radius 2 is 2.46 bits per heavy atom. The van der Waals surface area contributed by atoms with Crippen LogP contribution in [0.5, 0.6) is 0 Å². The molecule has 0 saturated carbocycles. The normalized spacial score (nSPS) is 33.5. The van der Waals surface area contributed by atoms with Crippen molar-refractivity contribution in [3.8, 4) is 0 Å². The SMILES string of the molecule is CC1(CNC2=NCCC2)CCCS1. The average Bonchev–Trinajstić information content (AvgIpc) is 2.72. The molecule has 0 amide bonds. The first-order chi connectivity index (χ1) is 6.29. The summed E-state index contributed by atoms with van der Waals surface area (Å²) in [6.07, 6.45) is 5.15. The first-order valence-corrected chi connectivity index (χ1v) is 6.18. The maximum Gasteiger partial charge on any atom is 0.0964 e. The molecule has 0 aromatic carbocycles. The van der Waals surface area contributed by atoms with Crippen molar-refractivity contribution in [2.75, 3.05) is 18.8 Å². The minimum Gasteiger partial charge on any atom is -0.372 e. The molecule has 1 fully saturated rings. The lowest BCUT2D eigenvalue weighted by atomic mass is 10.1. The lowest BCUT2D eigenvalue weighted by molar-refractivity contribution is 0.589. The molecule has 74 valence electrons. The van der Waals surface area contributed by atoms with Crippen LogP contribution in [-0.4, -0.2) is 29.4 Å². The van der Waals surface area contributed by atoms with Gasteiger partial charge in [0.05, 0.1) is 5.84 Å². The Morgan fingerprint density at radius 1 is 1.54 bits per heavy atom. The largest absolute Gasteiger partial charge is 0.372 e. The monoisotopic (exact) mass is 198 g/mol. The van der Waals surface area contributed by atoms with Gasteiger partial charge in [0.2, 0.25) is 0 Å². The molecule has 1 N–H and O–H groups in total. The van der Waals surface area contributed by atoms with Gasteiger partial charge in [-0.3, -0.25) is 4.99 Å². The molecule has 13 heavy (non-hydrogen) atoms. The molecule has 2 nitrogen and oxygen atoms in total. The summed E-state index contributed by atoms with van der Waals surface area (Å²) in [6, 6.07) is 0. The first kappa shape index (κ1) is 9.38. The van der Waals surface area contributed by atoms with Gasteiger partial charge in [-0.1, -0.05) is 0 Å². The van der Waals surface area contributed by atoms with Crippen LogP contribution in [0.15, 0.2) is 4.99 Å². The molecule has 2 aliphatic rings. The van der Waals surface area contributed by atoms with Crippen molar-refractivity contribution < 1.29 is 0 Å². The molecule has 2 rings (SSSR count). The Bertz CT molecular complexity index is 207. The molecule has 3 heteroatoms. The number of nitrogens with one attached hydrogen (secondary N) is 1. The first-order valence-electron chi connectivity index (χ1n) is 5.20. The highest BCUT2D eigenvalue weighted by Gasteiger charge is 2.29. The third-order valence-corrected chi connectivity index (χ3v) is 4.38. The maximum absolute atomic E-state index is 4.42. The van der Waals surface area contributed by atoms with Crippen molar-refractivity contribution in [3.63, 3.8) is 0 Å². The molecule has 0 radical (unpaired) electrons. The molecule has 0 aromatic heterocycles. The number of thioether (sulfide) groups is 1. The van der Waals surface area contributed by atoms with Crippen LogP contribution in [0.25, 0.3) is 0 Å². The van der Waals surface area contributed by atoms with E-state index in [1.54, 1.807) is 0 Å². The van der Waals surface area contributed by atoms with E-state index >= 15 is 0 Å². The lowest BCUT2D eigenvalue weighted by Gasteiger charge is -2.23. The zero-order valence-corrected chi connectivity index (χ0v) is 9.12. The lowest BCUT2D eigenvalue weighted by Crippen LogP contribution is -2.35. The van der Waals surface area contributed by atoms with E-state index in [1.807, 2.05) is 0 Å². The number of amidine groups is 1. The Morgan fingerprint density at radius 3 is 3.08 bits per heavy atom. The third kappa shape index (κ3) is 2.39. The van der Waals surface area contributed by atoms with Crippen LogP contribution in [-0.2, 0) is 0 Å².